The maximum Gasteiger partial charge on any atom is 0.255 e. The first kappa shape index (κ1) is 16.4. The first-order valence-electron chi connectivity index (χ1n) is 6.13. The highest BCUT2D eigenvalue weighted by atomic mass is 79.9. The van der Waals surface area contributed by atoms with Crippen LogP contribution in [-0.4, -0.2) is 29.4 Å². The van der Waals surface area contributed by atoms with Crippen LogP contribution in [0.2, 0.25) is 0 Å². The molecule has 0 saturated carbocycles. The van der Waals surface area contributed by atoms with E-state index in [0.29, 0.717) is 10.0 Å². The summed E-state index contributed by atoms with van der Waals surface area (Å²) < 4.78 is 0.666. The molecular weight excluding hydrogens is 326 g/mol. The van der Waals surface area contributed by atoms with Gasteiger partial charge in [-0.15, -0.1) is 0 Å². The highest BCUT2D eigenvalue weighted by Gasteiger charge is 2.13. The van der Waals surface area contributed by atoms with Gasteiger partial charge in [-0.3, -0.25) is 9.59 Å². The molecule has 1 aromatic heterocycles. The summed E-state index contributed by atoms with van der Waals surface area (Å²) in [6.45, 7) is 4.00. The summed E-state index contributed by atoms with van der Waals surface area (Å²) in [6.07, 6.45) is 1.75. The van der Waals surface area contributed by atoms with E-state index in [-0.39, 0.29) is 36.6 Å². The molecule has 8 heteroatoms. The normalized spacial score (nSPS) is 10.2. The van der Waals surface area contributed by atoms with E-state index in [1.807, 2.05) is 13.8 Å². The van der Waals surface area contributed by atoms with Crippen LogP contribution in [0.4, 0.5) is 5.82 Å². The second-order valence-electron chi connectivity index (χ2n) is 4.42. The van der Waals surface area contributed by atoms with Crippen molar-refractivity contribution in [2.75, 3.05) is 12.0 Å². The zero-order valence-electron chi connectivity index (χ0n) is 11.4. The Morgan fingerprint density at radius 2 is 2.15 bits per heavy atom. The Labute approximate surface area is 125 Å². The van der Waals surface area contributed by atoms with E-state index >= 15 is 0 Å². The molecule has 20 heavy (non-hydrogen) atoms. The molecule has 0 saturated heterocycles. The maximum atomic E-state index is 12.0. The molecule has 1 heterocycles. The molecular formula is C12H18BrN5O2. The molecule has 0 aromatic carbocycles. The topological polar surface area (TPSA) is 109 Å². The first-order valence-corrected chi connectivity index (χ1v) is 6.93. The van der Waals surface area contributed by atoms with Crippen LogP contribution in [0.3, 0.4) is 0 Å². The summed E-state index contributed by atoms with van der Waals surface area (Å²) in [5.74, 6) is 5.12. The quantitative estimate of drug-likeness (QED) is 0.450. The van der Waals surface area contributed by atoms with Crippen molar-refractivity contribution in [3.05, 3.63) is 22.3 Å². The van der Waals surface area contributed by atoms with Gasteiger partial charge < -0.3 is 16.1 Å². The predicted molar refractivity (Wildman–Crippen MR) is 80.0 cm³/mol. The number of hydrogen-bond acceptors (Lipinski definition) is 5. The Balaban J connectivity index is 2.55. The van der Waals surface area contributed by atoms with Crippen LogP contribution in [0.15, 0.2) is 16.7 Å². The summed E-state index contributed by atoms with van der Waals surface area (Å²) in [7, 11) is 0. The number of carbonyl (C=O) groups excluding carboxylic acids is 2. The van der Waals surface area contributed by atoms with Gasteiger partial charge in [-0.25, -0.2) is 10.8 Å². The zero-order chi connectivity index (χ0) is 15.1. The molecule has 1 rings (SSSR count). The number of anilines is 1. The minimum Gasteiger partial charge on any atom is -0.354 e. The number of aromatic nitrogens is 1. The Bertz CT molecular complexity index is 493. The third kappa shape index (κ3) is 5.14. The van der Waals surface area contributed by atoms with E-state index < -0.39 is 0 Å². The molecule has 0 spiro atoms. The van der Waals surface area contributed by atoms with Crippen LogP contribution in [0.1, 0.15) is 30.6 Å². The molecule has 0 atom stereocenters. The van der Waals surface area contributed by atoms with Crippen LogP contribution >= 0.6 is 15.9 Å². The van der Waals surface area contributed by atoms with E-state index in [0.717, 1.165) is 0 Å². The number of pyridine rings is 1. The summed E-state index contributed by atoms with van der Waals surface area (Å²) in [6, 6.07) is 1.69. The summed E-state index contributed by atoms with van der Waals surface area (Å²) in [4.78, 5) is 27.4. The fourth-order valence-corrected chi connectivity index (χ4v) is 1.84. The van der Waals surface area contributed by atoms with Crippen molar-refractivity contribution in [3.8, 4) is 0 Å². The second-order valence-corrected chi connectivity index (χ2v) is 5.34. The van der Waals surface area contributed by atoms with Gasteiger partial charge in [0.15, 0.2) is 5.82 Å². The summed E-state index contributed by atoms with van der Waals surface area (Å²) in [5, 5.41) is 5.39. The first-order chi connectivity index (χ1) is 9.43. The van der Waals surface area contributed by atoms with Gasteiger partial charge in [-0.05, 0) is 35.8 Å². The lowest BCUT2D eigenvalue weighted by atomic mass is 10.2. The number of hydrazine groups is 1. The van der Waals surface area contributed by atoms with Crippen LogP contribution in [0.25, 0.3) is 0 Å². The van der Waals surface area contributed by atoms with Gasteiger partial charge in [-0.2, -0.15) is 0 Å². The van der Waals surface area contributed by atoms with E-state index in [1.54, 1.807) is 6.07 Å². The second kappa shape index (κ2) is 7.81. The fraction of sp³-hybridized carbons (Fsp3) is 0.417. The minimum absolute atomic E-state index is 0.0838. The van der Waals surface area contributed by atoms with Gasteiger partial charge >= 0.3 is 0 Å². The number of rotatable bonds is 6. The van der Waals surface area contributed by atoms with Gasteiger partial charge in [0.2, 0.25) is 5.91 Å². The van der Waals surface area contributed by atoms with E-state index in [9.17, 15) is 9.59 Å². The van der Waals surface area contributed by atoms with Crippen molar-refractivity contribution in [1.82, 2.24) is 15.6 Å². The largest absolute Gasteiger partial charge is 0.354 e. The minimum atomic E-state index is -0.343. The van der Waals surface area contributed by atoms with Crippen molar-refractivity contribution in [3.63, 3.8) is 0 Å². The molecule has 7 nitrogen and oxygen atoms in total. The van der Waals surface area contributed by atoms with Crippen molar-refractivity contribution in [2.45, 2.75) is 26.3 Å². The Morgan fingerprint density at radius 3 is 2.75 bits per heavy atom. The molecule has 0 aliphatic heterocycles. The number of carbonyl (C=O) groups is 2. The molecule has 0 radical (unpaired) electrons. The van der Waals surface area contributed by atoms with Crippen LogP contribution in [0, 0.1) is 0 Å². The Kier molecular flexibility index (Phi) is 6.40. The third-order valence-electron chi connectivity index (χ3n) is 2.32. The molecule has 110 valence electrons. The third-order valence-corrected chi connectivity index (χ3v) is 2.76. The number of amides is 2. The van der Waals surface area contributed by atoms with Crippen molar-refractivity contribution in [2.24, 2.45) is 5.84 Å². The predicted octanol–water partition coefficient (Wildman–Crippen LogP) is 0.774. The van der Waals surface area contributed by atoms with Crippen molar-refractivity contribution >= 4 is 33.6 Å². The molecule has 1 aromatic rings. The van der Waals surface area contributed by atoms with Gasteiger partial charge in [0.25, 0.3) is 5.91 Å². The number of nitrogens with two attached hydrogens (primary N) is 1. The monoisotopic (exact) mass is 343 g/mol. The molecule has 2 amide bonds. The average Bonchev–Trinajstić information content (AvgIpc) is 2.37. The van der Waals surface area contributed by atoms with Crippen LogP contribution < -0.4 is 21.9 Å². The van der Waals surface area contributed by atoms with Crippen LogP contribution in [0.5, 0.6) is 0 Å². The Morgan fingerprint density at radius 1 is 1.45 bits per heavy atom. The summed E-state index contributed by atoms with van der Waals surface area (Å²) in [5.41, 5.74) is 2.67. The standard InChI is InChI=1S/C12H18BrN5O2/c1-7(2)17-10(19)3-4-15-12(20)9-5-8(13)6-16-11(9)18-14/h5-7H,3-4,14H2,1-2H3,(H,15,20)(H,16,18)(H,17,19). The number of nitrogens with one attached hydrogen (secondary N) is 3. The van der Waals surface area contributed by atoms with Crippen molar-refractivity contribution in [1.29, 1.82) is 0 Å². The number of nitrogens with zero attached hydrogens (tertiary/aromatic N) is 1. The van der Waals surface area contributed by atoms with Gasteiger partial charge in [0.1, 0.15) is 0 Å². The van der Waals surface area contributed by atoms with Crippen LogP contribution in [-0.2, 0) is 4.79 Å². The van der Waals surface area contributed by atoms with E-state index in [1.165, 1.54) is 6.20 Å². The van der Waals surface area contributed by atoms with Crippen molar-refractivity contribution < 1.29 is 9.59 Å². The van der Waals surface area contributed by atoms with E-state index in [2.05, 4.69) is 37.0 Å². The zero-order valence-corrected chi connectivity index (χ0v) is 13.0. The molecule has 0 fully saturated rings. The van der Waals surface area contributed by atoms with E-state index in [4.69, 9.17) is 5.84 Å². The van der Waals surface area contributed by atoms with Gasteiger partial charge in [0, 0.05) is 29.7 Å². The lowest BCUT2D eigenvalue weighted by Crippen LogP contribution is -2.34. The fourth-order valence-electron chi connectivity index (χ4n) is 1.51. The van der Waals surface area contributed by atoms with Gasteiger partial charge in [0.05, 0.1) is 5.56 Å². The number of nitrogen functional groups attached to an aromatic ring is 1. The lowest BCUT2D eigenvalue weighted by Gasteiger charge is -2.10. The molecule has 0 unspecified atom stereocenters. The number of halogens is 1. The number of hydrogen-bond donors (Lipinski definition) is 4. The molecule has 5 N–H and O–H groups in total. The smallest absolute Gasteiger partial charge is 0.255 e. The SMILES string of the molecule is CC(C)NC(=O)CCNC(=O)c1cc(Br)cnc1NN. The summed E-state index contributed by atoms with van der Waals surface area (Å²) >= 11 is 3.24. The molecule has 0 bridgehead atoms. The average molecular weight is 344 g/mol. The van der Waals surface area contributed by atoms with Gasteiger partial charge in [-0.1, -0.05) is 0 Å². The maximum absolute atomic E-state index is 12.0. The lowest BCUT2D eigenvalue weighted by molar-refractivity contribution is -0.121. The highest BCUT2D eigenvalue weighted by molar-refractivity contribution is 9.10. The highest BCUT2D eigenvalue weighted by Crippen LogP contribution is 2.16. The Hall–Kier alpha value is -1.67. The molecule has 0 aliphatic rings. The molecule has 0 aliphatic carbocycles.